The van der Waals surface area contributed by atoms with E-state index in [9.17, 15) is 4.21 Å². The predicted molar refractivity (Wildman–Crippen MR) is 73.0 cm³/mol. The van der Waals surface area contributed by atoms with Crippen molar-refractivity contribution in [2.75, 3.05) is 35.7 Å². The van der Waals surface area contributed by atoms with Crippen LogP contribution in [0, 0.1) is 0 Å². The van der Waals surface area contributed by atoms with E-state index in [1.165, 1.54) is 0 Å². The van der Waals surface area contributed by atoms with Crippen molar-refractivity contribution >= 4 is 22.4 Å². The van der Waals surface area contributed by atoms with Crippen molar-refractivity contribution in [1.82, 2.24) is 9.97 Å². The maximum atomic E-state index is 11.3. The first-order valence-corrected chi connectivity index (χ1v) is 7.33. The molecule has 0 aliphatic carbocycles. The van der Waals surface area contributed by atoms with Gasteiger partial charge in [0.15, 0.2) is 0 Å². The molecular weight excluding hydrogens is 236 g/mol. The minimum Gasteiger partial charge on any atom is -0.373 e. The van der Waals surface area contributed by atoms with E-state index in [0.29, 0.717) is 18.1 Å². The topological polar surface area (TPSA) is 66.9 Å². The molecule has 1 rings (SSSR count). The monoisotopic (exact) mass is 256 g/mol. The van der Waals surface area contributed by atoms with E-state index in [2.05, 4.69) is 20.6 Å². The molecule has 1 aromatic rings. The van der Waals surface area contributed by atoms with Crippen LogP contribution in [0.15, 0.2) is 6.07 Å². The van der Waals surface area contributed by atoms with E-state index in [-0.39, 0.29) is 0 Å². The average molecular weight is 256 g/mol. The van der Waals surface area contributed by atoms with Gasteiger partial charge in [0.05, 0.1) is 0 Å². The highest BCUT2D eigenvalue weighted by Gasteiger charge is 2.02. The molecule has 1 heterocycles. The standard InChI is InChI=1S/C11H20N4OS/c1-4-9-14-10(12-3)8-11(15-9)13-6-7-17(16)5-2/h8H,4-7H2,1-3H3,(H2,12,13,14,15). The zero-order valence-corrected chi connectivity index (χ0v) is 11.4. The second kappa shape index (κ2) is 7.21. The van der Waals surface area contributed by atoms with Crippen LogP contribution in [0.1, 0.15) is 19.7 Å². The van der Waals surface area contributed by atoms with Crippen molar-refractivity contribution in [3.05, 3.63) is 11.9 Å². The molecule has 0 amide bonds. The summed E-state index contributed by atoms with van der Waals surface area (Å²) in [6.07, 6.45) is 0.797. The van der Waals surface area contributed by atoms with Crippen LogP contribution in [0.4, 0.5) is 11.6 Å². The largest absolute Gasteiger partial charge is 0.373 e. The molecule has 0 aliphatic heterocycles. The molecule has 0 spiro atoms. The highest BCUT2D eigenvalue weighted by atomic mass is 32.2. The lowest BCUT2D eigenvalue weighted by Gasteiger charge is -2.08. The van der Waals surface area contributed by atoms with Crippen molar-refractivity contribution in [2.45, 2.75) is 20.3 Å². The molecular formula is C11H20N4OS. The molecule has 0 saturated heterocycles. The molecule has 0 bridgehead atoms. The first-order chi connectivity index (χ1) is 8.19. The van der Waals surface area contributed by atoms with E-state index in [0.717, 1.165) is 23.9 Å². The lowest BCUT2D eigenvalue weighted by atomic mass is 10.4. The maximum absolute atomic E-state index is 11.3. The Balaban J connectivity index is 2.60. The molecule has 6 heteroatoms. The number of aromatic nitrogens is 2. The molecule has 0 radical (unpaired) electrons. The molecule has 5 nitrogen and oxygen atoms in total. The van der Waals surface area contributed by atoms with Crippen molar-refractivity contribution in [3.8, 4) is 0 Å². The molecule has 0 aliphatic rings. The van der Waals surface area contributed by atoms with Crippen LogP contribution < -0.4 is 10.6 Å². The van der Waals surface area contributed by atoms with Crippen LogP contribution >= 0.6 is 0 Å². The highest BCUT2D eigenvalue weighted by Crippen LogP contribution is 2.10. The van der Waals surface area contributed by atoms with E-state index >= 15 is 0 Å². The van der Waals surface area contributed by atoms with Gasteiger partial charge in [-0.25, -0.2) is 9.97 Å². The van der Waals surface area contributed by atoms with Crippen LogP contribution in [0.2, 0.25) is 0 Å². The number of nitrogens with zero attached hydrogens (tertiary/aromatic N) is 2. The first-order valence-electron chi connectivity index (χ1n) is 5.84. The molecule has 2 N–H and O–H groups in total. The number of hydrogen-bond donors (Lipinski definition) is 2. The molecule has 1 unspecified atom stereocenters. The summed E-state index contributed by atoms with van der Waals surface area (Å²) in [5.41, 5.74) is 0. The summed E-state index contributed by atoms with van der Waals surface area (Å²) in [6, 6.07) is 1.86. The van der Waals surface area contributed by atoms with Gasteiger partial charge in [-0.2, -0.15) is 0 Å². The Kier molecular flexibility index (Phi) is 5.90. The van der Waals surface area contributed by atoms with Gasteiger partial charge in [-0.3, -0.25) is 4.21 Å². The van der Waals surface area contributed by atoms with E-state index < -0.39 is 10.8 Å². The molecule has 0 aromatic carbocycles. The Morgan fingerprint density at radius 3 is 2.59 bits per heavy atom. The smallest absolute Gasteiger partial charge is 0.132 e. The van der Waals surface area contributed by atoms with Crippen molar-refractivity contribution in [3.63, 3.8) is 0 Å². The van der Waals surface area contributed by atoms with Gasteiger partial charge in [-0.15, -0.1) is 0 Å². The molecule has 96 valence electrons. The number of aryl methyl sites for hydroxylation is 1. The second-order valence-corrected chi connectivity index (χ2v) is 5.38. The Labute approximate surface area is 105 Å². The van der Waals surface area contributed by atoms with Crippen LogP contribution in [-0.2, 0) is 17.2 Å². The second-order valence-electron chi connectivity index (χ2n) is 3.52. The van der Waals surface area contributed by atoms with E-state index in [4.69, 9.17) is 0 Å². The number of hydrogen-bond acceptors (Lipinski definition) is 5. The van der Waals surface area contributed by atoms with Crippen LogP contribution in [0.3, 0.4) is 0 Å². The van der Waals surface area contributed by atoms with Crippen molar-refractivity contribution in [2.24, 2.45) is 0 Å². The minimum absolute atomic E-state index is 0.650. The quantitative estimate of drug-likeness (QED) is 0.769. The fourth-order valence-corrected chi connectivity index (χ4v) is 1.93. The Morgan fingerprint density at radius 2 is 2.00 bits per heavy atom. The van der Waals surface area contributed by atoms with Crippen LogP contribution in [0.25, 0.3) is 0 Å². The summed E-state index contributed by atoms with van der Waals surface area (Å²) in [7, 11) is 1.09. The van der Waals surface area contributed by atoms with Gasteiger partial charge in [-0.1, -0.05) is 13.8 Å². The molecule has 0 saturated carbocycles. The lowest BCUT2D eigenvalue weighted by Crippen LogP contribution is -2.14. The third-order valence-corrected chi connectivity index (χ3v) is 3.61. The van der Waals surface area contributed by atoms with E-state index in [1.54, 1.807) is 0 Å². The number of anilines is 2. The Bertz CT molecular complexity index is 361. The summed E-state index contributed by atoms with van der Waals surface area (Å²) in [5.74, 6) is 3.74. The van der Waals surface area contributed by atoms with Gasteiger partial charge in [0.25, 0.3) is 0 Å². The van der Waals surface area contributed by atoms with Gasteiger partial charge in [0.1, 0.15) is 17.5 Å². The van der Waals surface area contributed by atoms with E-state index in [1.807, 2.05) is 27.0 Å². The first kappa shape index (κ1) is 13.9. The van der Waals surface area contributed by atoms with Gasteiger partial charge < -0.3 is 10.6 Å². The molecule has 17 heavy (non-hydrogen) atoms. The fourth-order valence-electron chi connectivity index (χ4n) is 1.31. The summed E-state index contributed by atoms with van der Waals surface area (Å²) >= 11 is 0. The SMILES string of the molecule is CCc1nc(NC)cc(NCCS(=O)CC)n1. The average Bonchev–Trinajstić information content (AvgIpc) is 2.37. The summed E-state index contributed by atoms with van der Waals surface area (Å²) in [6.45, 7) is 4.61. The zero-order chi connectivity index (χ0) is 12.7. The third kappa shape index (κ3) is 4.68. The number of nitrogens with one attached hydrogen (secondary N) is 2. The maximum Gasteiger partial charge on any atom is 0.132 e. The van der Waals surface area contributed by atoms with Gasteiger partial charge >= 0.3 is 0 Å². The Hall–Kier alpha value is -1.17. The summed E-state index contributed by atoms with van der Waals surface area (Å²) < 4.78 is 11.3. The lowest BCUT2D eigenvalue weighted by molar-refractivity contribution is 0.684. The van der Waals surface area contributed by atoms with Crippen molar-refractivity contribution < 1.29 is 4.21 Å². The van der Waals surface area contributed by atoms with Crippen molar-refractivity contribution in [1.29, 1.82) is 0 Å². The predicted octanol–water partition coefficient (Wildman–Crippen LogP) is 1.26. The van der Waals surface area contributed by atoms with Gasteiger partial charge in [-0.05, 0) is 0 Å². The summed E-state index contributed by atoms with van der Waals surface area (Å²) in [5, 5.41) is 6.18. The third-order valence-electron chi connectivity index (χ3n) is 2.30. The van der Waals surface area contributed by atoms with Gasteiger partial charge in [0, 0.05) is 48.4 Å². The number of rotatable bonds is 7. The van der Waals surface area contributed by atoms with Gasteiger partial charge in [0.2, 0.25) is 0 Å². The molecule has 1 atom stereocenters. The van der Waals surface area contributed by atoms with Crippen LogP contribution in [0.5, 0.6) is 0 Å². The molecule has 0 fully saturated rings. The zero-order valence-electron chi connectivity index (χ0n) is 10.6. The minimum atomic E-state index is -0.736. The Morgan fingerprint density at radius 1 is 1.29 bits per heavy atom. The normalized spacial score (nSPS) is 12.2. The molecule has 1 aromatic heterocycles. The fraction of sp³-hybridized carbons (Fsp3) is 0.636. The highest BCUT2D eigenvalue weighted by molar-refractivity contribution is 7.84. The summed E-state index contributed by atoms with van der Waals surface area (Å²) in [4.78, 5) is 8.67. The van der Waals surface area contributed by atoms with Crippen LogP contribution in [-0.4, -0.2) is 39.3 Å².